The molecule has 0 saturated heterocycles. The van der Waals surface area contributed by atoms with Crippen molar-refractivity contribution in [3.05, 3.63) is 103 Å². The number of carbonyl (C=O) groups is 1. The van der Waals surface area contributed by atoms with Crippen molar-refractivity contribution < 1.29 is 9.53 Å². The first-order valence-corrected chi connectivity index (χ1v) is 9.57. The van der Waals surface area contributed by atoms with Gasteiger partial charge in [-0.3, -0.25) is 4.79 Å². The molecule has 0 heterocycles. The molecule has 29 heavy (non-hydrogen) atoms. The maximum atomic E-state index is 12.5. The zero-order chi connectivity index (χ0) is 19.9. The lowest BCUT2D eigenvalue weighted by Gasteiger charge is -2.14. The summed E-state index contributed by atoms with van der Waals surface area (Å²) in [6.07, 6.45) is 0. The Labute approximate surface area is 170 Å². The first-order valence-electron chi connectivity index (χ1n) is 9.57. The highest BCUT2D eigenvalue weighted by atomic mass is 16.5. The summed E-state index contributed by atoms with van der Waals surface area (Å²) in [7, 11) is 0. The van der Waals surface area contributed by atoms with Crippen molar-refractivity contribution in [2.24, 2.45) is 0 Å². The zero-order valence-corrected chi connectivity index (χ0v) is 16.0. The molecule has 0 spiro atoms. The molecule has 4 rings (SSSR count). The fourth-order valence-corrected chi connectivity index (χ4v) is 3.18. The highest BCUT2D eigenvalue weighted by Crippen LogP contribution is 2.25. The van der Waals surface area contributed by atoms with Gasteiger partial charge >= 0.3 is 0 Å². The van der Waals surface area contributed by atoms with Gasteiger partial charge in [-0.2, -0.15) is 0 Å². The lowest BCUT2D eigenvalue weighted by Crippen LogP contribution is -2.22. The second-order valence-electron chi connectivity index (χ2n) is 6.70. The van der Waals surface area contributed by atoms with E-state index in [-0.39, 0.29) is 12.5 Å². The second-order valence-corrected chi connectivity index (χ2v) is 6.70. The Balaban J connectivity index is 1.39. The number of anilines is 2. The van der Waals surface area contributed by atoms with Gasteiger partial charge in [0.2, 0.25) is 5.91 Å². The molecule has 4 heteroatoms. The summed E-state index contributed by atoms with van der Waals surface area (Å²) in [5.74, 6) is 0.605. The molecule has 0 bridgehead atoms. The monoisotopic (exact) mass is 382 g/mol. The Hall–Kier alpha value is -3.79. The topological polar surface area (TPSA) is 50.4 Å². The molecule has 0 aromatic heterocycles. The van der Waals surface area contributed by atoms with Crippen LogP contribution in [-0.2, 0) is 11.4 Å². The number of rotatable bonds is 7. The van der Waals surface area contributed by atoms with Crippen LogP contribution in [0, 0.1) is 0 Å². The minimum Gasteiger partial charge on any atom is -0.487 e. The average molecular weight is 382 g/mol. The van der Waals surface area contributed by atoms with E-state index in [4.69, 9.17) is 4.74 Å². The zero-order valence-electron chi connectivity index (χ0n) is 16.0. The van der Waals surface area contributed by atoms with Crippen LogP contribution in [0.5, 0.6) is 5.75 Å². The van der Waals surface area contributed by atoms with Gasteiger partial charge in [0.05, 0.1) is 12.2 Å². The van der Waals surface area contributed by atoms with Gasteiger partial charge in [-0.1, -0.05) is 78.9 Å². The summed E-state index contributed by atoms with van der Waals surface area (Å²) in [4.78, 5) is 12.5. The predicted octanol–water partition coefficient (Wildman–Crippen LogP) is 5.47. The molecule has 0 atom stereocenters. The largest absolute Gasteiger partial charge is 0.487 e. The van der Waals surface area contributed by atoms with Crippen LogP contribution in [0.4, 0.5) is 11.4 Å². The number of para-hydroxylation sites is 2. The van der Waals surface area contributed by atoms with Crippen molar-refractivity contribution in [3.8, 4) is 5.75 Å². The molecular formula is C25H22N2O2. The molecule has 144 valence electrons. The van der Waals surface area contributed by atoms with E-state index in [9.17, 15) is 4.79 Å². The van der Waals surface area contributed by atoms with Crippen LogP contribution < -0.4 is 15.4 Å². The van der Waals surface area contributed by atoms with E-state index in [0.717, 1.165) is 27.7 Å². The molecule has 4 nitrogen and oxygen atoms in total. The number of amides is 1. The molecule has 0 unspecified atom stereocenters. The Morgan fingerprint density at radius 1 is 0.724 bits per heavy atom. The Kier molecular flexibility index (Phi) is 5.72. The van der Waals surface area contributed by atoms with E-state index in [1.807, 2.05) is 97.1 Å². The SMILES string of the molecule is O=C(CNc1ccccc1OCc1ccccc1)Nc1cccc2ccccc12. The molecule has 1 amide bonds. The Morgan fingerprint density at radius 2 is 1.41 bits per heavy atom. The van der Waals surface area contributed by atoms with Crippen LogP contribution in [0.15, 0.2) is 97.1 Å². The average Bonchev–Trinajstić information content (AvgIpc) is 2.78. The molecule has 0 aliphatic rings. The standard InChI is InChI=1S/C25H22N2O2/c28-25(27-22-15-8-12-20-11-4-5-13-21(20)22)17-26-23-14-6-7-16-24(23)29-18-19-9-2-1-3-10-19/h1-16,26H,17-18H2,(H,27,28). The van der Waals surface area contributed by atoms with Gasteiger partial charge in [0.15, 0.2) is 0 Å². The van der Waals surface area contributed by atoms with Crippen LogP contribution >= 0.6 is 0 Å². The Bertz CT molecular complexity index is 1100. The predicted molar refractivity (Wildman–Crippen MR) is 118 cm³/mol. The normalized spacial score (nSPS) is 10.5. The number of carbonyl (C=O) groups excluding carboxylic acids is 1. The molecule has 0 aliphatic carbocycles. The number of ether oxygens (including phenoxy) is 1. The highest BCUT2D eigenvalue weighted by Gasteiger charge is 2.08. The quantitative estimate of drug-likeness (QED) is 0.446. The van der Waals surface area contributed by atoms with E-state index in [1.54, 1.807) is 0 Å². The molecule has 0 radical (unpaired) electrons. The van der Waals surface area contributed by atoms with Crippen molar-refractivity contribution in [2.75, 3.05) is 17.2 Å². The summed E-state index contributed by atoms with van der Waals surface area (Å²) in [6, 6.07) is 31.5. The summed E-state index contributed by atoms with van der Waals surface area (Å²) in [6.45, 7) is 0.622. The Morgan fingerprint density at radius 3 is 2.31 bits per heavy atom. The number of nitrogens with one attached hydrogen (secondary N) is 2. The van der Waals surface area contributed by atoms with Gasteiger partial charge in [-0.05, 0) is 29.1 Å². The third kappa shape index (κ3) is 4.74. The second kappa shape index (κ2) is 8.93. The number of fused-ring (bicyclic) bond motifs is 1. The minimum absolute atomic E-state index is 0.112. The van der Waals surface area contributed by atoms with Gasteiger partial charge in [-0.25, -0.2) is 0 Å². The first kappa shape index (κ1) is 18.6. The number of hydrogen-bond acceptors (Lipinski definition) is 3. The molecular weight excluding hydrogens is 360 g/mol. The summed E-state index contributed by atoms with van der Waals surface area (Å²) >= 11 is 0. The summed E-state index contributed by atoms with van der Waals surface area (Å²) < 4.78 is 5.94. The summed E-state index contributed by atoms with van der Waals surface area (Å²) in [5.41, 5.74) is 2.69. The fourth-order valence-electron chi connectivity index (χ4n) is 3.18. The fraction of sp³-hybridized carbons (Fsp3) is 0.0800. The van der Waals surface area contributed by atoms with E-state index in [0.29, 0.717) is 12.4 Å². The van der Waals surface area contributed by atoms with Crippen LogP contribution in [0.3, 0.4) is 0 Å². The molecule has 4 aromatic rings. The van der Waals surface area contributed by atoms with Crippen molar-refractivity contribution in [3.63, 3.8) is 0 Å². The maximum absolute atomic E-state index is 12.5. The highest BCUT2D eigenvalue weighted by molar-refractivity contribution is 6.03. The van der Waals surface area contributed by atoms with Crippen molar-refractivity contribution in [2.45, 2.75) is 6.61 Å². The van der Waals surface area contributed by atoms with Gasteiger partial charge in [0.1, 0.15) is 12.4 Å². The number of benzene rings is 4. The lowest BCUT2D eigenvalue weighted by molar-refractivity contribution is -0.114. The third-order valence-electron chi connectivity index (χ3n) is 4.63. The van der Waals surface area contributed by atoms with Crippen molar-refractivity contribution >= 4 is 28.1 Å². The molecule has 4 aromatic carbocycles. The van der Waals surface area contributed by atoms with Crippen LogP contribution in [0.1, 0.15) is 5.56 Å². The lowest BCUT2D eigenvalue weighted by atomic mass is 10.1. The van der Waals surface area contributed by atoms with E-state index in [1.165, 1.54) is 0 Å². The van der Waals surface area contributed by atoms with Crippen LogP contribution in [0.25, 0.3) is 10.8 Å². The number of hydrogen-bond donors (Lipinski definition) is 2. The van der Waals surface area contributed by atoms with Gasteiger partial charge in [0.25, 0.3) is 0 Å². The summed E-state index contributed by atoms with van der Waals surface area (Å²) in [5, 5.41) is 8.29. The molecule has 2 N–H and O–H groups in total. The third-order valence-corrected chi connectivity index (χ3v) is 4.63. The van der Waals surface area contributed by atoms with Crippen molar-refractivity contribution in [1.29, 1.82) is 0 Å². The van der Waals surface area contributed by atoms with Gasteiger partial charge in [-0.15, -0.1) is 0 Å². The first-order chi connectivity index (χ1) is 14.3. The molecule has 0 saturated carbocycles. The van der Waals surface area contributed by atoms with E-state index < -0.39 is 0 Å². The van der Waals surface area contributed by atoms with Crippen LogP contribution in [-0.4, -0.2) is 12.5 Å². The van der Waals surface area contributed by atoms with E-state index >= 15 is 0 Å². The maximum Gasteiger partial charge on any atom is 0.243 e. The van der Waals surface area contributed by atoms with Crippen LogP contribution in [0.2, 0.25) is 0 Å². The van der Waals surface area contributed by atoms with Gasteiger partial charge < -0.3 is 15.4 Å². The smallest absolute Gasteiger partial charge is 0.243 e. The minimum atomic E-state index is -0.112. The molecule has 0 aliphatic heterocycles. The van der Waals surface area contributed by atoms with Crippen molar-refractivity contribution in [1.82, 2.24) is 0 Å². The van der Waals surface area contributed by atoms with Gasteiger partial charge in [0, 0.05) is 11.1 Å². The molecule has 0 fully saturated rings. The van der Waals surface area contributed by atoms with E-state index in [2.05, 4.69) is 10.6 Å².